The molecule has 2 aromatic carbocycles. The molecule has 0 spiro atoms. The van der Waals surface area contributed by atoms with Crippen molar-refractivity contribution in [1.82, 2.24) is 5.32 Å². The van der Waals surface area contributed by atoms with Gasteiger partial charge in [-0.3, -0.25) is 4.79 Å². The first-order valence-electron chi connectivity index (χ1n) is 9.38. The number of aryl methyl sites for hydroxylation is 2. The van der Waals surface area contributed by atoms with Crippen LogP contribution < -0.4 is 10.9 Å². The Balaban J connectivity index is 1.57. The Labute approximate surface area is 166 Å². The average molecular weight is 391 g/mol. The Kier molecular flexibility index (Phi) is 4.94. The normalized spacial score (nSPS) is 12.4. The molecule has 6 heteroatoms. The van der Waals surface area contributed by atoms with Gasteiger partial charge in [0.2, 0.25) is 5.91 Å². The van der Waals surface area contributed by atoms with Crippen LogP contribution in [-0.4, -0.2) is 17.6 Å². The lowest BCUT2D eigenvalue weighted by atomic mass is 10.0. The minimum Gasteiger partial charge on any atom is -0.464 e. The highest BCUT2D eigenvalue weighted by Gasteiger charge is 2.17. The molecule has 2 aromatic heterocycles. The molecule has 1 amide bonds. The van der Waals surface area contributed by atoms with E-state index >= 15 is 0 Å². The highest BCUT2D eigenvalue weighted by Crippen LogP contribution is 2.28. The molecular formula is C23H21NO5. The molecule has 0 aliphatic carbocycles. The van der Waals surface area contributed by atoms with E-state index in [2.05, 4.69) is 5.32 Å². The molecule has 0 bridgehead atoms. The second-order valence-corrected chi connectivity index (χ2v) is 7.16. The number of aliphatic hydroxyl groups is 1. The van der Waals surface area contributed by atoms with E-state index in [0.29, 0.717) is 27.9 Å². The first-order chi connectivity index (χ1) is 13.9. The first kappa shape index (κ1) is 19.0. The molecule has 0 aliphatic heterocycles. The number of rotatable bonds is 5. The van der Waals surface area contributed by atoms with E-state index in [9.17, 15) is 14.7 Å². The van der Waals surface area contributed by atoms with Crippen molar-refractivity contribution >= 4 is 27.8 Å². The summed E-state index contributed by atoms with van der Waals surface area (Å²) in [7, 11) is 0. The minimum atomic E-state index is -0.813. The van der Waals surface area contributed by atoms with Gasteiger partial charge in [-0.1, -0.05) is 30.3 Å². The molecule has 0 radical (unpaired) electrons. The number of benzene rings is 2. The van der Waals surface area contributed by atoms with Crippen LogP contribution in [0.1, 0.15) is 28.4 Å². The lowest BCUT2D eigenvalue weighted by Crippen LogP contribution is -2.31. The van der Waals surface area contributed by atoms with Gasteiger partial charge in [0.1, 0.15) is 11.2 Å². The number of fused-ring (bicyclic) bond motifs is 2. The highest BCUT2D eigenvalue weighted by molar-refractivity contribution is 5.96. The van der Waals surface area contributed by atoms with Crippen LogP contribution >= 0.6 is 0 Å². The van der Waals surface area contributed by atoms with Gasteiger partial charge in [-0.25, -0.2) is 4.79 Å². The van der Waals surface area contributed by atoms with E-state index in [1.54, 1.807) is 24.5 Å². The van der Waals surface area contributed by atoms with Crippen LogP contribution in [-0.2, 0) is 11.2 Å². The number of nitrogens with one attached hydrogen (secondary N) is 1. The van der Waals surface area contributed by atoms with Gasteiger partial charge in [0, 0.05) is 23.4 Å². The van der Waals surface area contributed by atoms with Crippen LogP contribution in [0, 0.1) is 13.8 Å². The van der Waals surface area contributed by atoms with Crippen molar-refractivity contribution in [2.45, 2.75) is 26.4 Å². The Bertz CT molecular complexity index is 1250. The van der Waals surface area contributed by atoms with Crippen LogP contribution in [0.4, 0.5) is 0 Å². The summed E-state index contributed by atoms with van der Waals surface area (Å²) in [5.41, 5.74) is 3.25. The minimum absolute atomic E-state index is 0.0651. The molecule has 148 valence electrons. The standard InChI is InChI=1S/C23H21NO5/c1-13-12-28-20-10-21-17(8-16(13)20)14(2)18(23(27)29-21)9-22(26)24-11-19(25)15-6-4-3-5-7-15/h3-8,10,12,19,25H,9,11H2,1-2H3,(H,24,26)/t19-/m1/s1. The average Bonchev–Trinajstić information content (AvgIpc) is 3.08. The molecule has 1 atom stereocenters. The van der Waals surface area contributed by atoms with Crippen LogP contribution in [0.25, 0.3) is 21.9 Å². The molecule has 6 nitrogen and oxygen atoms in total. The zero-order valence-electron chi connectivity index (χ0n) is 16.2. The van der Waals surface area contributed by atoms with E-state index < -0.39 is 11.7 Å². The van der Waals surface area contributed by atoms with Crippen molar-refractivity contribution < 1.29 is 18.7 Å². The Hall–Kier alpha value is -3.38. The topological polar surface area (TPSA) is 92.7 Å². The fourth-order valence-corrected chi connectivity index (χ4v) is 3.47. The summed E-state index contributed by atoms with van der Waals surface area (Å²) in [6.07, 6.45) is 0.726. The maximum Gasteiger partial charge on any atom is 0.340 e. The third-order valence-corrected chi connectivity index (χ3v) is 5.19. The largest absolute Gasteiger partial charge is 0.464 e. The van der Waals surface area contributed by atoms with Gasteiger partial charge in [0.25, 0.3) is 0 Å². The van der Waals surface area contributed by atoms with Crippen LogP contribution in [0.5, 0.6) is 0 Å². The number of hydrogen-bond donors (Lipinski definition) is 2. The molecule has 0 saturated heterocycles. The van der Waals surface area contributed by atoms with Crippen molar-refractivity contribution in [3.05, 3.63) is 81.4 Å². The molecule has 0 fully saturated rings. The summed E-state index contributed by atoms with van der Waals surface area (Å²) in [5, 5.41) is 14.6. The number of hydrogen-bond acceptors (Lipinski definition) is 5. The SMILES string of the molecule is Cc1coc2cc3oc(=O)c(CC(=O)NC[C@@H](O)c4ccccc4)c(C)c3cc12. The Morgan fingerprint density at radius 3 is 2.62 bits per heavy atom. The fraction of sp³-hybridized carbons (Fsp3) is 0.217. The van der Waals surface area contributed by atoms with Gasteiger partial charge in [0.15, 0.2) is 0 Å². The van der Waals surface area contributed by atoms with E-state index in [1.165, 1.54) is 0 Å². The molecule has 4 aromatic rings. The molecule has 2 heterocycles. The van der Waals surface area contributed by atoms with E-state index in [-0.39, 0.29) is 18.9 Å². The van der Waals surface area contributed by atoms with Crippen molar-refractivity contribution in [3.8, 4) is 0 Å². The zero-order chi connectivity index (χ0) is 20.5. The smallest absolute Gasteiger partial charge is 0.340 e. The Morgan fingerprint density at radius 1 is 1.10 bits per heavy atom. The summed E-state index contributed by atoms with van der Waals surface area (Å²) in [4.78, 5) is 24.9. The first-order valence-corrected chi connectivity index (χ1v) is 9.38. The third-order valence-electron chi connectivity index (χ3n) is 5.19. The predicted molar refractivity (Wildman–Crippen MR) is 110 cm³/mol. The van der Waals surface area contributed by atoms with Crippen LogP contribution in [0.15, 0.2) is 62.4 Å². The van der Waals surface area contributed by atoms with Gasteiger partial charge >= 0.3 is 5.63 Å². The molecule has 0 unspecified atom stereocenters. The maximum absolute atomic E-state index is 12.5. The van der Waals surface area contributed by atoms with Gasteiger partial charge < -0.3 is 19.3 Å². The Morgan fingerprint density at radius 2 is 1.86 bits per heavy atom. The fourth-order valence-electron chi connectivity index (χ4n) is 3.47. The molecule has 0 saturated carbocycles. The molecule has 29 heavy (non-hydrogen) atoms. The van der Waals surface area contributed by atoms with Gasteiger partial charge in [-0.2, -0.15) is 0 Å². The summed E-state index contributed by atoms with van der Waals surface area (Å²) in [6, 6.07) is 12.7. The number of carbonyl (C=O) groups excluding carboxylic acids is 1. The maximum atomic E-state index is 12.5. The van der Waals surface area contributed by atoms with Gasteiger partial charge in [-0.05, 0) is 36.6 Å². The third kappa shape index (κ3) is 3.67. The second-order valence-electron chi connectivity index (χ2n) is 7.16. The number of aliphatic hydroxyl groups excluding tert-OH is 1. The lowest BCUT2D eigenvalue weighted by Gasteiger charge is -2.13. The number of amides is 1. The highest BCUT2D eigenvalue weighted by atomic mass is 16.4. The summed E-state index contributed by atoms with van der Waals surface area (Å²) in [5.74, 6) is -0.352. The van der Waals surface area contributed by atoms with Crippen LogP contribution in [0.3, 0.4) is 0 Å². The van der Waals surface area contributed by atoms with Gasteiger partial charge in [0.05, 0.1) is 24.4 Å². The van der Waals surface area contributed by atoms with Crippen molar-refractivity contribution in [2.75, 3.05) is 6.54 Å². The second kappa shape index (κ2) is 7.56. The quantitative estimate of drug-likeness (QED) is 0.508. The van der Waals surface area contributed by atoms with Crippen molar-refractivity contribution in [3.63, 3.8) is 0 Å². The molecule has 0 aliphatic rings. The summed E-state index contributed by atoms with van der Waals surface area (Å²) in [6.45, 7) is 3.82. The summed E-state index contributed by atoms with van der Waals surface area (Å²) < 4.78 is 10.9. The van der Waals surface area contributed by atoms with E-state index in [4.69, 9.17) is 8.83 Å². The van der Waals surface area contributed by atoms with Crippen molar-refractivity contribution in [2.24, 2.45) is 0 Å². The zero-order valence-corrected chi connectivity index (χ0v) is 16.2. The van der Waals surface area contributed by atoms with E-state index in [0.717, 1.165) is 16.3 Å². The number of furan rings is 1. The van der Waals surface area contributed by atoms with E-state index in [1.807, 2.05) is 38.1 Å². The molecule has 4 rings (SSSR count). The predicted octanol–water partition coefficient (Wildman–Crippen LogP) is 3.55. The molecular weight excluding hydrogens is 370 g/mol. The number of carbonyl (C=O) groups is 1. The van der Waals surface area contributed by atoms with Crippen LogP contribution in [0.2, 0.25) is 0 Å². The summed E-state index contributed by atoms with van der Waals surface area (Å²) >= 11 is 0. The molecule has 2 N–H and O–H groups in total. The van der Waals surface area contributed by atoms with Crippen molar-refractivity contribution in [1.29, 1.82) is 0 Å². The monoisotopic (exact) mass is 391 g/mol. The van der Waals surface area contributed by atoms with Gasteiger partial charge in [-0.15, -0.1) is 0 Å². The lowest BCUT2D eigenvalue weighted by molar-refractivity contribution is -0.120.